The van der Waals surface area contributed by atoms with Crippen LogP contribution >= 0.6 is 0 Å². The first kappa shape index (κ1) is 13.4. The molecule has 0 aromatic rings. The SMILES string of the molecule is C=CCCCCS(=O)(=O)C(C)(C)C=C. The zero-order valence-corrected chi connectivity index (χ0v) is 9.94. The Labute approximate surface area is 87.6 Å². The van der Waals surface area contributed by atoms with Crippen molar-refractivity contribution < 1.29 is 8.42 Å². The quantitative estimate of drug-likeness (QED) is 0.484. The Kier molecular flexibility index (Phi) is 5.13. The van der Waals surface area contributed by atoms with Gasteiger partial charge in [0.1, 0.15) is 0 Å². The van der Waals surface area contributed by atoms with Gasteiger partial charge < -0.3 is 0 Å². The fourth-order valence-electron chi connectivity index (χ4n) is 0.971. The van der Waals surface area contributed by atoms with Crippen LogP contribution in [-0.2, 0) is 9.84 Å². The third kappa shape index (κ3) is 3.66. The second-order valence-corrected chi connectivity index (χ2v) is 6.60. The van der Waals surface area contributed by atoms with Crippen LogP contribution in [-0.4, -0.2) is 18.9 Å². The molecule has 0 spiro atoms. The van der Waals surface area contributed by atoms with Crippen molar-refractivity contribution in [1.29, 1.82) is 0 Å². The van der Waals surface area contributed by atoms with Gasteiger partial charge in [-0.25, -0.2) is 8.42 Å². The molecule has 0 aliphatic heterocycles. The van der Waals surface area contributed by atoms with Gasteiger partial charge >= 0.3 is 0 Å². The number of hydrogen-bond donors (Lipinski definition) is 0. The van der Waals surface area contributed by atoms with Crippen LogP contribution in [0.15, 0.2) is 25.3 Å². The summed E-state index contributed by atoms with van der Waals surface area (Å²) in [6.07, 6.45) is 5.77. The highest BCUT2D eigenvalue weighted by Gasteiger charge is 2.29. The molecule has 0 N–H and O–H groups in total. The molecular formula is C11H20O2S. The van der Waals surface area contributed by atoms with Crippen LogP contribution in [0, 0.1) is 0 Å². The molecule has 0 saturated heterocycles. The Balaban J connectivity index is 4.22. The van der Waals surface area contributed by atoms with E-state index in [-0.39, 0.29) is 5.75 Å². The van der Waals surface area contributed by atoms with Crippen molar-refractivity contribution in [2.24, 2.45) is 0 Å². The number of allylic oxidation sites excluding steroid dienone is 1. The van der Waals surface area contributed by atoms with Crippen molar-refractivity contribution >= 4 is 9.84 Å². The second-order valence-electron chi connectivity index (χ2n) is 3.91. The lowest BCUT2D eigenvalue weighted by atomic mass is 10.2. The van der Waals surface area contributed by atoms with Crippen molar-refractivity contribution in [2.75, 3.05) is 5.75 Å². The van der Waals surface area contributed by atoms with Gasteiger partial charge in [0.15, 0.2) is 9.84 Å². The molecule has 2 nitrogen and oxygen atoms in total. The Hall–Kier alpha value is -0.570. The van der Waals surface area contributed by atoms with Gasteiger partial charge in [0.25, 0.3) is 0 Å². The van der Waals surface area contributed by atoms with Crippen molar-refractivity contribution in [2.45, 2.75) is 37.9 Å². The molecule has 0 rings (SSSR count). The summed E-state index contributed by atoms with van der Waals surface area (Å²) < 4.78 is 22.7. The highest BCUT2D eigenvalue weighted by molar-refractivity contribution is 7.92. The van der Waals surface area contributed by atoms with Crippen molar-refractivity contribution in [1.82, 2.24) is 0 Å². The van der Waals surface area contributed by atoms with Gasteiger partial charge in [0.2, 0.25) is 0 Å². The van der Waals surface area contributed by atoms with E-state index < -0.39 is 14.6 Å². The maximum atomic E-state index is 11.7. The van der Waals surface area contributed by atoms with E-state index in [1.54, 1.807) is 13.8 Å². The van der Waals surface area contributed by atoms with Gasteiger partial charge in [-0.3, -0.25) is 0 Å². The Morgan fingerprint density at radius 1 is 1.21 bits per heavy atom. The lowest BCUT2D eigenvalue weighted by molar-refractivity contribution is 0.568. The highest BCUT2D eigenvalue weighted by atomic mass is 32.2. The fraction of sp³-hybridized carbons (Fsp3) is 0.636. The summed E-state index contributed by atoms with van der Waals surface area (Å²) in [5.41, 5.74) is 0. The summed E-state index contributed by atoms with van der Waals surface area (Å²) in [5.74, 6) is 0.236. The van der Waals surface area contributed by atoms with Gasteiger partial charge in [-0.1, -0.05) is 12.2 Å². The molecular weight excluding hydrogens is 196 g/mol. The van der Waals surface area contributed by atoms with Crippen LogP contribution in [0.4, 0.5) is 0 Å². The van der Waals surface area contributed by atoms with Crippen LogP contribution in [0.5, 0.6) is 0 Å². The van der Waals surface area contributed by atoms with Crippen LogP contribution in [0.3, 0.4) is 0 Å². The normalized spacial score (nSPS) is 12.4. The topological polar surface area (TPSA) is 34.1 Å². The minimum absolute atomic E-state index is 0.236. The van der Waals surface area contributed by atoms with Crippen LogP contribution in [0.1, 0.15) is 33.1 Å². The molecule has 0 atom stereocenters. The smallest absolute Gasteiger partial charge is 0.159 e. The van der Waals surface area contributed by atoms with Crippen molar-refractivity contribution in [3.05, 3.63) is 25.3 Å². The molecule has 0 aromatic heterocycles. The molecule has 0 radical (unpaired) electrons. The maximum Gasteiger partial charge on any atom is 0.159 e. The number of rotatable bonds is 7. The molecule has 82 valence electrons. The van der Waals surface area contributed by atoms with Gasteiger partial charge in [0.05, 0.1) is 10.5 Å². The lowest BCUT2D eigenvalue weighted by Crippen LogP contribution is -2.31. The molecule has 14 heavy (non-hydrogen) atoms. The number of unbranched alkanes of at least 4 members (excludes halogenated alkanes) is 2. The van der Waals surface area contributed by atoms with E-state index in [0.717, 1.165) is 12.8 Å². The van der Waals surface area contributed by atoms with Gasteiger partial charge in [-0.15, -0.1) is 13.2 Å². The molecule has 0 bridgehead atoms. The van der Waals surface area contributed by atoms with E-state index in [0.29, 0.717) is 6.42 Å². The Morgan fingerprint density at radius 3 is 2.21 bits per heavy atom. The Bertz CT molecular complexity index is 286. The molecule has 0 aromatic carbocycles. The number of sulfone groups is 1. The fourth-order valence-corrected chi connectivity index (χ4v) is 2.33. The summed E-state index contributed by atoms with van der Waals surface area (Å²) in [6, 6.07) is 0. The molecule has 0 fully saturated rings. The van der Waals surface area contributed by atoms with E-state index in [1.165, 1.54) is 6.08 Å². The predicted octanol–water partition coefficient (Wildman–Crippen LogP) is 2.72. The average Bonchev–Trinajstić information content (AvgIpc) is 2.12. The van der Waals surface area contributed by atoms with E-state index >= 15 is 0 Å². The third-order valence-electron chi connectivity index (χ3n) is 2.36. The monoisotopic (exact) mass is 216 g/mol. The van der Waals surface area contributed by atoms with Crippen LogP contribution in [0.25, 0.3) is 0 Å². The molecule has 0 unspecified atom stereocenters. The van der Waals surface area contributed by atoms with Crippen molar-refractivity contribution in [3.63, 3.8) is 0 Å². The molecule has 0 saturated carbocycles. The second kappa shape index (κ2) is 5.35. The minimum Gasteiger partial charge on any atom is -0.228 e. The molecule has 0 aliphatic carbocycles. The summed E-state index contributed by atoms with van der Waals surface area (Å²) in [5, 5.41) is 0. The van der Waals surface area contributed by atoms with Crippen molar-refractivity contribution in [3.8, 4) is 0 Å². The average molecular weight is 216 g/mol. The Morgan fingerprint density at radius 2 is 1.79 bits per heavy atom. The summed E-state index contributed by atoms with van der Waals surface area (Å²) in [7, 11) is -3.04. The predicted molar refractivity (Wildman–Crippen MR) is 62.1 cm³/mol. The standard InChI is InChI=1S/C11H20O2S/c1-5-7-8-9-10-14(12,13)11(3,4)6-2/h5-6H,1-2,7-10H2,3-4H3. The highest BCUT2D eigenvalue weighted by Crippen LogP contribution is 2.19. The summed E-state index contributed by atoms with van der Waals surface area (Å²) in [6.45, 7) is 10.5. The van der Waals surface area contributed by atoms with E-state index in [4.69, 9.17) is 0 Å². The molecule has 0 aliphatic rings. The first-order chi connectivity index (χ1) is 6.37. The molecule has 0 amide bonds. The van der Waals surface area contributed by atoms with Gasteiger partial charge in [-0.2, -0.15) is 0 Å². The van der Waals surface area contributed by atoms with Crippen LogP contribution in [0.2, 0.25) is 0 Å². The minimum atomic E-state index is -3.04. The first-order valence-electron chi connectivity index (χ1n) is 4.84. The van der Waals surface area contributed by atoms with Gasteiger partial charge in [-0.05, 0) is 33.1 Å². The summed E-state index contributed by atoms with van der Waals surface area (Å²) >= 11 is 0. The first-order valence-corrected chi connectivity index (χ1v) is 6.49. The summed E-state index contributed by atoms with van der Waals surface area (Å²) in [4.78, 5) is 0. The van der Waals surface area contributed by atoms with E-state index in [2.05, 4.69) is 13.2 Å². The van der Waals surface area contributed by atoms with Gasteiger partial charge in [0, 0.05) is 0 Å². The zero-order valence-electron chi connectivity index (χ0n) is 9.12. The van der Waals surface area contributed by atoms with Crippen LogP contribution < -0.4 is 0 Å². The lowest BCUT2D eigenvalue weighted by Gasteiger charge is -2.20. The molecule has 3 heteroatoms. The van der Waals surface area contributed by atoms with E-state index in [1.807, 2.05) is 6.08 Å². The molecule has 0 heterocycles. The zero-order chi connectivity index (χ0) is 11.2. The number of hydrogen-bond acceptors (Lipinski definition) is 2. The maximum absolute atomic E-state index is 11.7. The largest absolute Gasteiger partial charge is 0.228 e. The van der Waals surface area contributed by atoms with E-state index in [9.17, 15) is 8.42 Å². The third-order valence-corrected chi connectivity index (χ3v) is 4.96.